The van der Waals surface area contributed by atoms with Gasteiger partial charge in [-0.25, -0.2) is 22.2 Å². The van der Waals surface area contributed by atoms with E-state index in [0.717, 1.165) is 44.8 Å². The lowest BCUT2D eigenvalue weighted by Gasteiger charge is -2.47. The number of fused-ring (bicyclic) bond motifs is 1. The van der Waals surface area contributed by atoms with Crippen LogP contribution in [0.2, 0.25) is 0 Å². The van der Waals surface area contributed by atoms with Gasteiger partial charge in [0.2, 0.25) is 10.0 Å². The number of sulfonamides is 1. The van der Waals surface area contributed by atoms with Crippen molar-refractivity contribution in [2.24, 2.45) is 5.41 Å². The minimum atomic E-state index is -3.88. The van der Waals surface area contributed by atoms with Crippen LogP contribution < -0.4 is 4.74 Å². The quantitative estimate of drug-likeness (QED) is 0.233. The number of carbonyl (C=O) groups is 1. The Morgan fingerprint density at radius 2 is 1.67 bits per heavy atom. The third-order valence-corrected chi connectivity index (χ3v) is 12.7. The minimum absolute atomic E-state index is 0.0759. The zero-order valence-corrected chi connectivity index (χ0v) is 29.0. The Balaban J connectivity index is 1.12. The van der Waals surface area contributed by atoms with Crippen molar-refractivity contribution in [2.45, 2.75) is 63.9 Å². The summed E-state index contributed by atoms with van der Waals surface area (Å²) in [5.74, 6) is -0.104. The van der Waals surface area contributed by atoms with E-state index < -0.39 is 27.7 Å². The van der Waals surface area contributed by atoms with Crippen molar-refractivity contribution in [1.82, 2.24) is 24.1 Å². The van der Waals surface area contributed by atoms with Crippen LogP contribution in [0.3, 0.4) is 0 Å². The van der Waals surface area contributed by atoms with Crippen molar-refractivity contribution >= 4 is 27.0 Å². The van der Waals surface area contributed by atoms with Crippen molar-refractivity contribution in [2.75, 3.05) is 40.3 Å². The topological polar surface area (TPSA) is 98.8 Å². The molecule has 1 amide bonds. The molecular weight excluding hydrogens is 636 g/mol. The smallest absolute Gasteiger partial charge is 0.256 e. The van der Waals surface area contributed by atoms with E-state index >= 15 is 0 Å². The number of ether oxygens (including phenoxy) is 1. The number of amides is 1. The first-order valence-corrected chi connectivity index (χ1v) is 17.8. The summed E-state index contributed by atoms with van der Waals surface area (Å²) in [5.41, 5.74) is 3.55. The second-order valence-electron chi connectivity index (χ2n) is 13.4. The van der Waals surface area contributed by atoms with Crippen molar-refractivity contribution < 1.29 is 26.7 Å². The number of nitrogens with zero attached hydrogens (tertiary/aromatic N) is 4. The molecule has 0 saturated carbocycles. The Kier molecular flexibility index (Phi) is 9.36. The van der Waals surface area contributed by atoms with Crippen LogP contribution in [0.15, 0.2) is 53.4 Å². The minimum Gasteiger partial charge on any atom is -0.497 e. The third-order valence-electron chi connectivity index (χ3n) is 10.5. The summed E-state index contributed by atoms with van der Waals surface area (Å²) in [6.45, 7) is 8.69. The average Bonchev–Trinajstić information content (AvgIpc) is 3.51. The molecule has 1 atom stereocenters. The number of aromatic amines is 1. The zero-order valence-electron chi connectivity index (χ0n) is 28.1. The van der Waals surface area contributed by atoms with E-state index in [9.17, 15) is 22.0 Å². The maximum absolute atomic E-state index is 14.2. The molecule has 0 bridgehead atoms. The largest absolute Gasteiger partial charge is 0.497 e. The third kappa shape index (κ3) is 6.45. The van der Waals surface area contributed by atoms with E-state index in [-0.39, 0.29) is 16.2 Å². The number of halogens is 2. The fourth-order valence-electron chi connectivity index (χ4n) is 7.32. The lowest BCUT2D eigenvalue weighted by atomic mass is 9.71. The Labute approximate surface area is 280 Å². The number of methoxy groups -OCH3 is 1. The molecular formula is C36H43F2N5O4S. The molecule has 2 saturated heterocycles. The molecule has 256 valence electrons. The zero-order chi connectivity index (χ0) is 34.4. The van der Waals surface area contributed by atoms with E-state index in [0.29, 0.717) is 64.5 Å². The van der Waals surface area contributed by atoms with Crippen LogP contribution >= 0.6 is 0 Å². The van der Waals surface area contributed by atoms with Gasteiger partial charge in [-0.15, -0.1) is 0 Å². The van der Waals surface area contributed by atoms with Crippen LogP contribution in [0.4, 0.5) is 8.78 Å². The van der Waals surface area contributed by atoms with E-state index in [1.54, 1.807) is 52.1 Å². The van der Waals surface area contributed by atoms with Crippen molar-refractivity contribution in [1.29, 1.82) is 0 Å². The molecule has 48 heavy (non-hydrogen) atoms. The number of aryl methyl sites for hydroxylation is 2. The predicted molar refractivity (Wildman–Crippen MR) is 180 cm³/mol. The van der Waals surface area contributed by atoms with Crippen molar-refractivity contribution in [3.05, 3.63) is 88.2 Å². The molecule has 1 aromatic heterocycles. The summed E-state index contributed by atoms with van der Waals surface area (Å²) < 4.78 is 61.7. The molecule has 12 heteroatoms. The molecule has 6 rings (SSSR count). The highest BCUT2D eigenvalue weighted by atomic mass is 32.2. The molecule has 3 aromatic carbocycles. The maximum Gasteiger partial charge on any atom is 0.256 e. The molecule has 9 nitrogen and oxygen atoms in total. The molecule has 0 aliphatic carbocycles. The van der Waals surface area contributed by atoms with Gasteiger partial charge in [-0.1, -0.05) is 12.1 Å². The normalized spacial score (nSPS) is 17.7. The Morgan fingerprint density at radius 3 is 2.29 bits per heavy atom. The SMILES string of the molecule is COc1cc(C)c(S(=O)(=O)N(C)C(C)c2nc3cccc(C(=O)N4CCC5(CCN(Cc6ccc(F)cc6F)CC5)CC4)c3[nH]2)c(C)c1. The number of benzene rings is 3. The fraction of sp³-hybridized carbons (Fsp3) is 0.444. The summed E-state index contributed by atoms with van der Waals surface area (Å²) in [5, 5.41) is 0. The lowest BCUT2D eigenvalue weighted by molar-refractivity contribution is 0.0284. The van der Waals surface area contributed by atoms with Crippen LogP contribution in [0.1, 0.15) is 71.5 Å². The predicted octanol–water partition coefficient (Wildman–Crippen LogP) is 6.37. The van der Waals surface area contributed by atoms with E-state index in [1.807, 2.05) is 11.0 Å². The van der Waals surface area contributed by atoms with E-state index in [4.69, 9.17) is 9.72 Å². The Bertz CT molecular complexity index is 1920. The molecule has 2 fully saturated rings. The van der Waals surface area contributed by atoms with Gasteiger partial charge in [-0.3, -0.25) is 9.69 Å². The number of carbonyl (C=O) groups excluding carboxylic acids is 1. The summed E-state index contributed by atoms with van der Waals surface area (Å²) in [6.07, 6.45) is 3.74. The number of imidazole rings is 1. The van der Waals surface area contributed by atoms with Gasteiger partial charge in [-0.2, -0.15) is 4.31 Å². The van der Waals surface area contributed by atoms with Gasteiger partial charge in [0.05, 0.1) is 34.6 Å². The number of para-hydroxylation sites is 1. The number of H-pyrrole nitrogens is 1. The van der Waals surface area contributed by atoms with Crippen LogP contribution in [0.5, 0.6) is 5.75 Å². The summed E-state index contributed by atoms with van der Waals surface area (Å²) >= 11 is 0. The maximum atomic E-state index is 14.2. The molecule has 4 aromatic rings. The Morgan fingerprint density at radius 1 is 1.02 bits per heavy atom. The van der Waals surface area contributed by atoms with E-state index in [2.05, 4.69) is 9.88 Å². The first-order valence-electron chi connectivity index (χ1n) is 16.4. The van der Waals surface area contributed by atoms with E-state index in [1.165, 1.54) is 23.5 Å². The van der Waals surface area contributed by atoms with Gasteiger partial charge < -0.3 is 14.6 Å². The fourth-order valence-corrected chi connectivity index (χ4v) is 9.05. The van der Waals surface area contributed by atoms with Gasteiger partial charge in [0.15, 0.2) is 0 Å². The van der Waals surface area contributed by atoms with Crippen molar-refractivity contribution in [3.63, 3.8) is 0 Å². The molecule has 2 aliphatic heterocycles. The first-order chi connectivity index (χ1) is 22.8. The van der Waals surface area contributed by atoms with Gasteiger partial charge >= 0.3 is 0 Å². The monoisotopic (exact) mass is 679 g/mol. The summed E-state index contributed by atoms with van der Waals surface area (Å²) in [6, 6.07) is 12.0. The van der Waals surface area contributed by atoms with Gasteiger partial charge in [0.25, 0.3) is 5.91 Å². The highest BCUT2D eigenvalue weighted by Gasteiger charge is 2.39. The second kappa shape index (κ2) is 13.2. The lowest BCUT2D eigenvalue weighted by Crippen LogP contribution is -2.48. The molecule has 3 heterocycles. The highest BCUT2D eigenvalue weighted by molar-refractivity contribution is 7.89. The van der Waals surface area contributed by atoms with Gasteiger partial charge in [0.1, 0.15) is 23.2 Å². The number of aromatic nitrogens is 2. The van der Waals surface area contributed by atoms with Gasteiger partial charge in [0, 0.05) is 38.3 Å². The number of hydrogen-bond acceptors (Lipinski definition) is 6. The van der Waals surface area contributed by atoms with Crippen LogP contribution in [0.25, 0.3) is 11.0 Å². The number of rotatable bonds is 8. The first kappa shape index (κ1) is 34.0. The number of nitrogens with one attached hydrogen (secondary N) is 1. The van der Waals surface area contributed by atoms with Crippen LogP contribution in [0, 0.1) is 30.9 Å². The molecule has 1 unspecified atom stereocenters. The molecule has 0 radical (unpaired) electrons. The summed E-state index contributed by atoms with van der Waals surface area (Å²) in [7, 11) is -0.793. The molecule has 2 aliphatic rings. The van der Waals surface area contributed by atoms with Gasteiger partial charge in [-0.05, 0) is 106 Å². The van der Waals surface area contributed by atoms with Crippen LogP contribution in [-0.2, 0) is 16.6 Å². The average molecular weight is 680 g/mol. The second-order valence-corrected chi connectivity index (χ2v) is 15.3. The molecule has 1 N–H and O–H groups in total. The number of piperidine rings is 2. The number of likely N-dealkylation sites (tertiary alicyclic amines) is 2. The molecule has 1 spiro atoms. The van der Waals surface area contributed by atoms with Crippen molar-refractivity contribution in [3.8, 4) is 5.75 Å². The summed E-state index contributed by atoms with van der Waals surface area (Å²) in [4.78, 5) is 26.2. The Hall–Kier alpha value is -3.87. The van der Waals surface area contributed by atoms with Crippen LogP contribution in [-0.4, -0.2) is 78.7 Å². The highest BCUT2D eigenvalue weighted by Crippen LogP contribution is 2.42. The standard InChI is InChI=1S/C36H43F2N5O4S/c1-23-19-28(47-5)20-24(2)33(23)48(45,46)41(4)25(3)34-39-31-8-6-7-29(32(31)40-34)35(44)43-17-13-36(14-18-43)11-15-42(16-12-36)22-26-9-10-27(37)21-30(26)38/h6-10,19-21,25H,11-18,22H2,1-5H3,(H,39,40). The number of hydrogen-bond donors (Lipinski definition) is 1.